The molecule has 0 saturated heterocycles. The fourth-order valence-electron chi connectivity index (χ4n) is 1.82. The molecule has 0 fully saturated rings. The number of nitrogens with zero attached hydrogens (tertiary/aromatic N) is 1. The summed E-state index contributed by atoms with van der Waals surface area (Å²) in [5, 5.41) is 0. The molecular formula is C14H16N2O. The maximum absolute atomic E-state index is 5.64. The summed E-state index contributed by atoms with van der Waals surface area (Å²) >= 11 is 0. The van der Waals surface area contributed by atoms with Crippen LogP contribution in [0.4, 0.5) is 5.69 Å². The smallest absolute Gasteiger partial charge is 0.131 e. The van der Waals surface area contributed by atoms with E-state index in [9.17, 15) is 0 Å². The monoisotopic (exact) mass is 228 g/mol. The van der Waals surface area contributed by atoms with Crippen LogP contribution < -0.4 is 10.5 Å². The zero-order chi connectivity index (χ0) is 12.4. The number of methoxy groups -OCH3 is 1. The fraction of sp³-hybridized carbons (Fsp3) is 0.214. The predicted molar refractivity (Wildman–Crippen MR) is 70.1 cm³/mol. The molecule has 0 unspecified atom stereocenters. The Labute approximate surface area is 101 Å². The first-order valence-corrected chi connectivity index (χ1v) is 5.49. The minimum absolute atomic E-state index is 0.663. The molecule has 0 aliphatic rings. The van der Waals surface area contributed by atoms with Crippen LogP contribution in [0.1, 0.15) is 11.1 Å². The topological polar surface area (TPSA) is 48.1 Å². The largest absolute Gasteiger partial charge is 0.496 e. The van der Waals surface area contributed by atoms with Gasteiger partial charge in [0.25, 0.3) is 0 Å². The Morgan fingerprint density at radius 3 is 2.47 bits per heavy atom. The lowest BCUT2D eigenvalue weighted by molar-refractivity contribution is 0.413. The van der Waals surface area contributed by atoms with Crippen LogP contribution in [0.15, 0.2) is 30.5 Å². The number of nitrogens with two attached hydrogens (primary N) is 1. The van der Waals surface area contributed by atoms with E-state index in [2.05, 4.69) is 24.9 Å². The Kier molecular flexibility index (Phi) is 3.00. The minimum Gasteiger partial charge on any atom is -0.496 e. The molecule has 0 amide bonds. The highest BCUT2D eigenvalue weighted by molar-refractivity contribution is 5.70. The molecule has 0 saturated carbocycles. The molecule has 0 spiro atoms. The molecule has 1 aromatic carbocycles. The quantitative estimate of drug-likeness (QED) is 0.859. The number of hydrogen-bond donors (Lipinski definition) is 1. The highest BCUT2D eigenvalue weighted by Crippen LogP contribution is 2.33. The second-order valence-corrected chi connectivity index (χ2v) is 4.07. The molecule has 17 heavy (non-hydrogen) atoms. The lowest BCUT2D eigenvalue weighted by Crippen LogP contribution is -1.95. The van der Waals surface area contributed by atoms with Gasteiger partial charge in [-0.1, -0.05) is 6.07 Å². The number of aryl methyl sites for hydroxylation is 1. The molecular weight excluding hydrogens is 212 g/mol. The summed E-state index contributed by atoms with van der Waals surface area (Å²) in [4.78, 5) is 4.32. The van der Waals surface area contributed by atoms with Crippen LogP contribution in [-0.2, 0) is 0 Å². The summed E-state index contributed by atoms with van der Waals surface area (Å²) in [6, 6.07) is 7.85. The fourth-order valence-corrected chi connectivity index (χ4v) is 1.82. The number of benzene rings is 1. The van der Waals surface area contributed by atoms with Crippen LogP contribution in [0.25, 0.3) is 11.3 Å². The van der Waals surface area contributed by atoms with Gasteiger partial charge in [0.15, 0.2) is 0 Å². The van der Waals surface area contributed by atoms with Crippen molar-refractivity contribution in [3.63, 3.8) is 0 Å². The Balaban J connectivity index is 2.59. The Morgan fingerprint density at radius 1 is 1.12 bits per heavy atom. The molecule has 0 bridgehead atoms. The van der Waals surface area contributed by atoms with Crippen molar-refractivity contribution < 1.29 is 4.74 Å². The van der Waals surface area contributed by atoms with E-state index in [1.54, 1.807) is 13.3 Å². The van der Waals surface area contributed by atoms with E-state index in [1.165, 1.54) is 5.56 Å². The number of ether oxygens (including phenoxy) is 1. The van der Waals surface area contributed by atoms with Crippen molar-refractivity contribution in [2.45, 2.75) is 13.8 Å². The van der Waals surface area contributed by atoms with Crippen molar-refractivity contribution in [2.75, 3.05) is 12.8 Å². The third-order valence-electron chi connectivity index (χ3n) is 2.94. The zero-order valence-corrected chi connectivity index (χ0v) is 10.3. The standard InChI is InChI=1S/C14H16N2O/c1-9-4-6-12(14(17-3)10(9)2)13-7-5-11(15)8-16-13/h4-8H,15H2,1-3H3. The Morgan fingerprint density at radius 2 is 1.88 bits per heavy atom. The SMILES string of the molecule is COc1c(-c2ccc(N)cn2)ccc(C)c1C. The van der Waals surface area contributed by atoms with E-state index in [0.717, 1.165) is 22.6 Å². The molecule has 1 heterocycles. The zero-order valence-electron chi connectivity index (χ0n) is 10.3. The van der Waals surface area contributed by atoms with Gasteiger partial charge in [-0.3, -0.25) is 4.98 Å². The lowest BCUT2D eigenvalue weighted by atomic mass is 10.0. The van der Waals surface area contributed by atoms with Crippen LogP contribution in [0.5, 0.6) is 5.75 Å². The first kappa shape index (κ1) is 11.5. The first-order chi connectivity index (χ1) is 8.13. The maximum atomic E-state index is 5.64. The summed E-state index contributed by atoms with van der Waals surface area (Å²) in [5.74, 6) is 0.877. The summed E-state index contributed by atoms with van der Waals surface area (Å²) in [6.45, 7) is 4.12. The van der Waals surface area contributed by atoms with Gasteiger partial charge in [-0.05, 0) is 43.2 Å². The summed E-state index contributed by atoms with van der Waals surface area (Å²) < 4.78 is 5.47. The average Bonchev–Trinajstić information content (AvgIpc) is 2.34. The van der Waals surface area contributed by atoms with E-state index in [0.29, 0.717) is 5.69 Å². The molecule has 0 atom stereocenters. The van der Waals surface area contributed by atoms with Crippen LogP contribution in [0, 0.1) is 13.8 Å². The average molecular weight is 228 g/mol. The highest BCUT2D eigenvalue weighted by atomic mass is 16.5. The van der Waals surface area contributed by atoms with Crippen molar-refractivity contribution in [2.24, 2.45) is 0 Å². The second-order valence-electron chi connectivity index (χ2n) is 4.07. The number of pyridine rings is 1. The van der Waals surface area contributed by atoms with Crippen molar-refractivity contribution in [3.8, 4) is 17.0 Å². The predicted octanol–water partition coefficient (Wildman–Crippen LogP) is 2.96. The van der Waals surface area contributed by atoms with E-state index in [4.69, 9.17) is 10.5 Å². The molecule has 0 aliphatic heterocycles. The van der Waals surface area contributed by atoms with Crippen LogP contribution in [0.3, 0.4) is 0 Å². The lowest BCUT2D eigenvalue weighted by Gasteiger charge is -2.13. The molecule has 2 rings (SSSR count). The number of hydrogen-bond acceptors (Lipinski definition) is 3. The molecule has 0 aliphatic carbocycles. The van der Waals surface area contributed by atoms with Crippen molar-refractivity contribution in [1.29, 1.82) is 0 Å². The number of aromatic nitrogens is 1. The normalized spacial score (nSPS) is 10.3. The molecule has 1 aromatic heterocycles. The van der Waals surface area contributed by atoms with Gasteiger partial charge in [-0.2, -0.15) is 0 Å². The summed E-state index contributed by atoms with van der Waals surface area (Å²) in [7, 11) is 1.68. The van der Waals surface area contributed by atoms with Gasteiger partial charge in [-0.25, -0.2) is 0 Å². The third kappa shape index (κ3) is 2.09. The highest BCUT2D eigenvalue weighted by Gasteiger charge is 2.11. The molecule has 2 aromatic rings. The van der Waals surface area contributed by atoms with Gasteiger partial charge < -0.3 is 10.5 Å². The molecule has 0 radical (unpaired) electrons. The van der Waals surface area contributed by atoms with Gasteiger partial charge in [0.2, 0.25) is 0 Å². The van der Waals surface area contributed by atoms with Crippen LogP contribution in [-0.4, -0.2) is 12.1 Å². The Bertz CT molecular complexity index is 533. The molecule has 3 nitrogen and oxygen atoms in total. The van der Waals surface area contributed by atoms with Gasteiger partial charge in [0.05, 0.1) is 24.7 Å². The summed E-state index contributed by atoms with van der Waals surface area (Å²) in [6.07, 6.45) is 1.66. The number of rotatable bonds is 2. The van der Waals surface area contributed by atoms with E-state index >= 15 is 0 Å². The number of nitrogen functional groups attached to an aromatic ring is 1. The number of anilines is 1. The van der Waals surface area contributed by atoms with Gasteiger partial charge in [0.1, 0.15) is 5.75 Å². The van der Waals surface area contributed by atoms with Crippen molar-refractivity contribution >= 4 is 5.69 Å². The third-order valence-corrected chi connectivity index (χ3v) is 2.94. The van der Waals surface area contributed by atoms with Gasteiger partial charge in [0, 0.05) is 5.56 Å². The second kappa shape index (κ2) is 4.45. The summed E-state index contributed by atoms with van der Waals surface area (Å²) in [5.41, 5.74) is 10.5. The van der Waals surface area contributed by atoms with Crippen LogP contribution in [0.2, 0.25) is 0 Å². The first-order valence-electron chi connectivity index (χ1n) is 5.49. The van der Waals surface area contributed by atoms with Gasteiger partial charge >= 0.3 is 0 Å². The van der Waals surface area contributed by atoms with Crippen molar-refractivity contribution in [1.82, 2.24) is 4.98 Å². The van der Waals surface area contributed by atoms with Crippen LogP contribution >= 0.6 is 0 Å². The van der Waals surface area contributed by atoms with E-state index in [-0.39, 0.29) is 0 Å². The molecule has 3 heteroatoms. The van der Waals surface area contributed by atoms with Crippen molar-refractivity contribution in [3.05, 3.63) is 41.6 Å². The molecule has 2 N–H and O–H groups in total. The minimum atomic E-state index is 0.663. The van der Waals surface area contributed by atoms with Gasteiger partial charge in [-0.15, -0.1) is 0 Å². The maximum Gasteiger partial charge on any atom is 0.131 e. The molecule has 88 valence electrons. The Hall–Kier alpha value is -2.03. The van der Waals surface area contributed by atoms with E-state index < -0.39 is 0 Å². The van der Waals surface area contributed by atoms with E-state index in [1.807, 2.05) is 18.2 Å².